The van der Waals surface area contributed by atoms with Gasteiger partial charge in [0, 0.05) is 12.2 Å². The summed E-state index contributed by atoms with van der Waals surface area (Å²) < 4.78 is 5.34. The van der Waals surface area contributed by atoms with Crippen molar-refractivity contribution in [1.29, 1.82) is 0 Å². The van der Waals surface area contributed by atoms with Crippen LogP contribution >= 0.6 is 0 Å². The Hall–Kier alpha value is -2.63. The zero-order valence-corrected chi connectivity index (χ0v) is 15.8. The van der Waals surface area contributed by atoms with E-state index in [-0.39, 0.29) is 17.9 Å². The maximum absolute atomic E-state index is 13.1. The minimum Gasteiger partial charge on any atom is -0.497 e. The highest BCUT2D eigenvalue weighted by Crippen LogP contribution is 2.33. The number of nitrogens with two attached hydrogens (primary N) is 1. The normalized spacial score (nSPS) is 16.5. The number of anilines is 1. The number of nitrogens with zero attached hydrogens (tertiary/aromatic N) is 3. The van der Waals surface area contributed by atoms with Crippen LogP contribution in [-0.2, 0) is 12.8 Å². The molecule has 0 spiro atoms. The van der Waals surface area contributed by atoms with Crippen molar-refractivity contribution in [3.63, 3.8) is 0 Å². The lowest BCUT2D eigenvalue weighted by atomic mass is 9.93. The molecule has 0 fully saturated rings. The van der Waals surface area contributed by atoms with Gasteiger partial charge in [-0.3, -0.25) is 4.79 Å². The molecular formula is C20H26N4O2. The second-order valence-corrected chi connectivity index (χ2v) is 7.19. The van der Waals surface area contributed by atoms with E-state index in [9.17, 15) is 4.79 Å². The Bertz CT molecular complexity index is 819. The molecule has 6 heteroatoms. The molecule has 2 aromatic rings. The van der Waals surface area contributed by atoms with Crippen LogP contribution in [0.3, 0.4) is 0 Å². The summed E-state index contributed by atoms with van der Waals surface area (Å²) in [6, 6.07) is 7.78. The highest BCUT2D eigenvalue weighted by molar-refractivity contribution is 5.93. The average Bonchev–Trinajstić information content (AvgIpc) is 2.60. The van der Waals surface area contributed by atoms with Crippen molar-refractivity contribution in [3.8, 4) is 5.75 Å². The third kappa shape index (κ3) is 3.64. The number of benzene rings is 1. The van der Waals surface area contributed by atoms with Gasteiger partial charge in [-0.25, -0.2) is 9.97 Å². The van der Waals surface area contributed by atoms with Crippen LogP contribution in [0.4, 0.5) is 5.95 Å². The van der Waals surface area contributed by atoms with Gasteiger partial charge in [0.15, 0.2) is 0 Å². The van der Waals surface area contributed by atoms with Gasteiger partial charge in [0.25, 0.3) is 5.91 Å². The number of nitrogen functional groups attached to an aromatic ring is 1. The molecule has 2 N–H and O–H groups in total. The van der Waals surface area contributed by atoms with Crippen LogP contribution in [0.2, 0.25) is 0 Å². The summed E-state index contributed by atoms with van der Waals surface area (Å²) in [5, 5.41) is 0. The quantitative estimate of drug-likeness (QED) is 0.913. The van der Waals surface area contributed by atoms with E-state index in [0.717, 1.165) is 29.8 Å². The predicted molar refractivity (Wildman–Crippen MR) is 101 cm³/mol. The molecule has 138 valence electrons. The molecule has 0 saturated heterocycles. The highest BCUT2D eigenvalue weighted by Gasteiger charge is 2.29. The topological polar surface area (TPSA) is 81.3 Å². The summed E-state index contributed by atoms with van der Waals surface area (Å²) in [7, 11) is 1.65. The summed E-state index contributed by atoms with van der Waals surface area (Å²) in [6.45, 7) is 6.91. The monoisotopic (exact) mass is 354 g/mol. The van der Waals surface area contributed by atoms with Gasteiger partial charge in [-0.05, 0) is 55.0 Å². The minimum atomic E-state index is -0.106. The molecule has 0 bridgehead atoms. The van der Waals surface area contributed by atoms with Crippen molar-refractivity contribution in [1.82, 2.24) is 14.9 Å². The zero-order valence-electron chi connectivity index (χ0n) is 15.8. The molecule has 26 heavy (non-hydrogen) atoms. The van der Waals surface area contributed by atoms with E-state index in [1.54, 1.807) is 13.2 Å². The number of amides is 1. The van der Waals surface area contributed by atoms with Crippen molar-refractivity contribution >= 4 is 11.9 Å². The fourth-order valence-electron chi connectivity index (χ4n) is 3.49. The molecule has 1 atom stereocenters. The van der Waals surface area contributed by atoms with Crippen LogP contribution < -0.4 is 10.5 Å². The largest absolute Gasteiger partial charge is 0.497 e. The molecule has 2 heterocycles. The molecule has 1 aliphatic rings. The van der Waals surface area contributed by atoms with Gasteiger partial charge in [-0.15, -0.1) is 0 Å². The standard InChI is InChI=1S/C20H26N4O2/c1-12(2)9-15-10-18(23-20(21)22-15)19(25)24-8-7-14-5-6-16(26-4)11-17(14)13(24)3/h5-6,10-13H,7-9H2,1-4H3,(H2,21,22,23)/t13-/m0/s1. The third-order valence-corrected chi connectivity index (χ3v) is 4.79. The van der Waals surface area contributed by atoms with Crippen molar-refractivity contribution < 1.29 is 9.53 Å². The summed E-state index contributed by atoms with van der Waals surface area (Å²) in [5.74, 6) is 1.28. The number of hydrogen-bond donors (Lipinski definition) is 1. The van der Waals surface area contributed by atoms with Gasteiger partial charge >= 0.3 is 0 Å². The van der Waals surface area contributed by atoms with Crippen molar-refractivity contribution in [2.45, 2.75) is 39.7 Å². The van der Waals surface area contributed by atoms with Crippen LogP contribution in [0.5, 0.6) is 5.75 Å². The van der Waals surface area contributed by atoms with E-state index in [0.29, 0.717) is 18.2 Å². The van der Waals surface area contributed by atoms with Crippen molar-refractivity contribution in [3.05, 3.63) is 46.8 Å². The maximum atomic E-state index is 13.1. The molecule has 0 radical (unpaired) electrons. The van der Waals surface area contributed by atoms with E-state index in [4.69, 9.17) is 10.5 Å². The average molecular weight is 354 g/mol. The first-order valence-electron chi connectivity index (χ1n) is 9.00. The van der Waals surface area contributed by atoms with Crippen molar-refractivity contribution in [2.24, 2.45) is 5.92 Å². The number of methoxy groups -OCH3 is 1. The Morgan fingerprint density at radius 3 is 2.81 bits per heavy atom. The lowest BCUT2D eigenvalue weighted by Gasteiger charge is -2.35. The molecule has 0 aliphatic carbocycles. The van der Waals surface area contributed by atoms with Crippen molar-refractivity contribution in [2.75, 3.05) is 19.4 Å². The number of carbonyl (C=O) groups is 1. The zero-order chi connectivity index (χ0) is 18.8. The Kier molecular flexibility index (Phi) is 5.11. The lowest BCUT2D eigenvalue weighted by Crippen LogP contribution is -2.39. The lowest BCUT2D eigenvalue weighted by molar-refractivity contribution is 0.0671. The number of aromatic nitrogens is 2. The second kappa shape index (κ2) is 7.32. The summed E-state index contributed by atoms with van der Waals surface area (Å²) in [6.07, 6.45) is 1.58. The SMILES string of the molecule is COc1ccc2c(c1)[C@H](C)N(C(=O)c1cc(CC(C)C)nc(N)n1)CC2. The predicted octanol–water partition coefficient (Wildman–Crippen LogP) is 3.03. The third-order valence-electron chi connectivity index (χ3n) is 4.79. The smallest absolute Gasteiger partial charge is 0.273 e. The van der Waals surface area contributed by atoms with Gasteiger partial charge in [-0.2, -0.15) is 0 Å². The molecule has 1 aliphatic heterocycles. The first-order chi connectivity index (χ1) is 12.4. The Morgan fingerprint density at radius 1 is 1.35 bits per heavy atom. The second-order valence-electron chi connectivity index (χ2n) is 7.19. The highest BCUT2D eigenvalue weighted by atomic mass is 16.5. The molecule has 1 aromatic heterocycles. The van der Waals surface area contributed by atoms with Crippen LogP contribution in [0.15, 0.2) is 24.3 Å². The minimum absolute atomic E-state index is 0.0499. The molecule has 0 unspecified atom stereocenters. The van der Waals surface area contributed by atoms with Gasteiger partial charge in [0.05, 0.1) is 13.2 Å². The molecule has 3 rings (SSSR count). The van der Waals surface area contributed by atoms with E-state index >= 15 is 0 Å². The molecule has 1 aromatic carbocycles. The van der Waals surface area contributed by atoms with Crippen LogP contribution in [0.25, 0.3) is 0 Å². The number of rotatable bonds is 4. The first-order valence-corrected chi connectivity index (χ1v) is 9.00. The molecule has 1 amide bonds. The molecular weight excluding hydrogens is 328 g/mol. The fourth-order valence-corrected chi connectivity index (χ4v) is 3.49. The Morgan fingerprint density at radius 2 is 2.12 bits per heavy atom. The molecule has 6 nitrogen and oxygen atoms in total. The number of ether oxygens (including phenoxy) is 1. The van der Waals surface area contributed by atoms with Crippen LogP contribution in [0, 0.1) is 5.92 Å². The van der Waals surface area contributed by atoms with E-state index in [1.165, 1.54) is 5.56 Å². The van der Waals surface area contributed by atoms with Gasteiger partial charge < -0.3 is 15.4 Å². The van der Waals surface area contributed by atoms with E-state index in [2.05, 4.69) is 29.9 Å². The number of carbonyl (C=O) groups excluding carboxylic acids is 1. The summed E-state index contributed by atoms with van der Waals surface area (Å²) in [4.78, 5) is 23.4. The number of fused-ring (bicyclic) bond motifs is 1. The Labute approximate surface area is 154 Å². The van der Waals surface area contributed by atoms with E-state index in [1.807, 2.05) is 24.0 Å². The van der Waals surface area contributed by atoms with Crippen LogP contribution in [-0.4, -0.2) is 34.4 Å². The summed E-state index contributed by atoms with van der Waals surface area (Å²) in [5.41, 5.74) is 9.39. The van der Waals surface area contributed by atoms with E-state index < -0.39 is 0 Å². The fraction of sp³-hybridized carbons (Fsp3) is 0.450. The molecule has 0 saturated carbocycles. The summed E-state index contributed by atoms with van der Waals surface area (Å²) >= 11 is 0. The van der Waals surface area contributed by atoms with Gasteiger partial charge in [0.1, 0.15) is 11.4 Å². The van der Waals surface area contributed by atoms with Gasteiger partial charge in [0.2, 0.25) is 5.95 Å². The van der Waals surface area contributed by atoms with Crippen LogP contribution in [0.1, 0.15) is 54.1 Å². The van der Waals surface area contributed by atoms with Gasteiger partial charge in [-0.1, -0.05) is 19.9 Å². The Balaban J connectivity index is 1.89. The maximum Gasteiger partial charge on any atom is 0.273 e. The number of hydrogen-bond acceptors (Lipinski definition) is 5. The first kappa shape index (κ1) is 18.2.